The Bertz CT molecular complexity index is 758. The van der Waals surface area contributed by atoms with E-state index in [4.69, 9.17) is 0 Å². The van der Waals surface area contributed by atoms with Gasteiger partial charge in [-0.2, -0.15) is 0 Å². The quantitative estimate of drug-likeness (QED) is 0.309. The first kappa shape index (κ1) is 25.1. The van der Waals surface area contributed by atoms with Crippen molar-refractivity contribution in [3.63, 3.8) is 0 Å². The number of benzene rings is 1. The molecule has 0 aromatic heterocycles. The van der Waals surface area contributed by atoms with Gasteiger partial charge in [0.05, 0.1) is 5.75 Å². The first-order valence-corrected chi connectivity index (χ1v) is 11.5. The molecule has 1 aliphatic rings. The average molecular weight is 526 g/mol. The molecule has 0 bridgehead atoms. The molecule has 28 heavy (non-hydrogen) atoms. The van der Waals surface area contributed by atoms with Crippen LogP contribution in [0.25, 0.3) is 0 Å². The summed E-state index contributed by atoms with van der Waals surface area (Å²) in [4.78, 5) is 6.69. The van der Waals surface area contributed by atoms with Crippen LogP contribution in [-0.4, -0.2) is 58.8 Å². The molecule has 1 heterocycles. The Labute approximate surface area is 185 Å². The van der Waals surface area contributed by atoms with Crippen LogP contribution in [0.5, 0.6) is 0 Å². The second kappa shape index (κ2) is 11.9. The zero-order chi connectivity index (χ0) is 19.9. The SMILES string of the molecule is CCCN1CCC(CNC(=NC)NCc2cc(F)ccc2CS(C)(=O)=O)C1.I. The van der Waals surface area contributed by atoms with E-state index in [2.05, 4.69) is 27.4 Å². The lowest BCUT2D eigenvalue weighted by atomic mass is 10.1. The Hall–Kier alpha value is -0.940. The Balaban J connectivity index is 0.00000392. The predicted octanol–water partition coefficient (Wildman–Crippen LogP) is 2.39. The zero-order valence-corrected chi connectivity index (χ0v) is 20.0. The summed E-state index contributed by atoms with van der Waals surface area (Å²) in [5, 5.41) is 6.49. The number of hydrogen-bond acceptors (Lipinski definition) is 4. The number of nitrogens with zero attached hydrogens (tertiary/aromatic N) is 2. The molecule has 0 aliphatic carbocycles. The van der Waals surface area contributed by atoms with Gasteiger partial charge in [0.25, 0.3) is 0 Å². The molecule has 1 fully saturated rings. The average Bonchev–Trinajstić information content (AvgIpc) is 3.04. The number of rotatable bonds is 8. The van der Waals surface area contributed by atoms with E-state index < -0.39 is 9.84 Å². The van der Waals surface area contributed by atoms with Crippen LogP contribution in [0, 0.1) is 11.7 Å². The molecule has 9 heteroatoms. The third-order valence-electron chi connectivity index (χ3n) is 4.72. The molecule has 6 nitrogen and oxygen atoms in total. The number of nitrogens with one attached hydrogen (secondary N) is 2. The van der Waals surface area contributed by atoms with E-state index in [-0.39, 0.29) is 35.5 Å². The van der Waals surface area contributed by atoms with E-state index in [1.807, 2.05) is 0 Å². The van der Waals surface area contributed by atoms with E-state index in [1.54, 1.807) is 7.05 Å². The molecule has 160 valence electrons. The molecule has 1 aliphatic heterocycles. The van der Waals surface area contributed by atoms with Gasteiger partial charge < -0.3 is 15.5 Å². The first-order valence-electron chi connectivity index (χ1n) is 9.42. The van der Waals surface area contributed by atoms with Gasteiger partial charge in [0.15, 0.2) is 15.8 Å². The van der Waals surface area contributed by atoms with Crippen LogP contribution in [0.2, 0.25) is 0 Å². The minimum absolute atomic E-state index is 0. The minimum atomic E-state index is -3.19. The number of hydrogen-bond donors (Lipinski definition) is 2. The summed E-state index contributed by atoms with van der Waals surface area (Å²) < 4.78 is 36.8. The summed E-state index contributed by atoms with van der Waals surface area (Å²) in [5.41, 5.74) is 1.23. The maximum Gasteiger partial charge on any atom is 0.191 e. The second-order valence-electron chi connectivity index (χ2n) is 7.25. The Morgan fingerprint density at radius 3 is 2.71 bits per heavy atom. The summed E-state index contributed by atoms with van der Waals surface area (Å²) >= 11 is 0. The van der Waals surface area contributed by atoms with Crippen molar-refractivity contribution in [2.75, 3.05) is 39.5 Å². The van der Waals surface area contributed by atoms with Gasteiger partial charge in [-0.3, -0.25) is 4.99 Å². The topological polar surface area (TPSA) is 73.8 Å². The molecule has 1 aromatic carbocycles. The van der Waals surface area contributed by atoms with Crippen molar-refractivity contribution in [2.24, 2.45) is 10.9 Å². The summed E-state index contributed by atoms with van der Waals surface area (Å²) in [6.07, 6.45) is 3.52. The second-order valence-corrected chi connectivity index (χ2v) is 9.39. The fraction of sp³-hybridized carbons (Fsp3) is 0.632. The summed E-state index contributed by atoms with van der Waals surface area (Å²) in [6.45, 7) is 6.73. The van der Waals surface area contributed by atoms with Crippen molar-refractivity contribution in [3.8, 4) is 0 Å². The standard InChI is InChI=1S/C19H31FN4O2S.HI/c1-4-8-24-9-7-15(13-24)11-22-19(21-2)23-12-17-10-18(20)6-5-16(17)14-27(3,25)26;/h5-6,10,15H,4,7-9,11-14H2,1-3H3,(H2,21,22,23);1H. The van der Waals surface area contributed by atoms with Crippen molar-refractivity contribution in [2.45, 2.75) is 32.1 Å². The van der Waals surface area contributed by atoms with E-state index >= 15 is 0 Å². The van der Waals surface area contributed by atoms with Crippen molar-refractivity contribution in [3.05, 3.63) is 35.1 Å². The van der Waals surface area contributed by atoms with Gasteiger partial charge in [-0.1, -0.05) is 13.0 Å². The molecule has 0 spiro atoms. The fourth-order valence-corrected chi connectivity index (χ4v) is 4.27. The largest absolute Gasteiger partial charge is 0.356 e. The smallest absolute Gasteiger partial charge is 0.191 e. The lowest BCUT2D eigenvalue weighted by molar-refractivity contribution is 0.324. The highest BCUT2D eigenvalue weighted by Crippen LogP contribution is 2.16. The molecular weight excluding hydrogens is 494 g/mol. The third-order valence-corrected chi connectivity index (χ3v) is 5.56. The van der Waals surface area contributed by atoms with Crippen LogP contribution in [0.1, 0.15) is 30.9 Å². The fourth-order valence-electron chi connectivity index (χ4n) is 3.42. The maximum absolute atomic E-state index is 13.6. The molecule has 0 radical (unpaired) electrons. The number of aliphatic imine (C=N–C) groups is 1. The van der Waals surface area contributed by atoms with E-state index in [9.17, 15) is 12.8 Å². The molecule has 1 unspecified atom stereocenters. The molecule has 1 aromatic rings. The van der Waals surface area contributed by atoms with Crippen molar-refractivity contribution in [1.82, 2.24) is 15.5 Å². The summed E-state index contributed by atoms with van der Waals surface area (Å²) in [6, 6.07) is 4.20. The Morgan fingerprint density at radius 1 is 1.32 bits per heavy atom. The normalized spacial score (nSPS) is 18.0. The highest BCUT2D eigenvalue weighted by atomic mass is 127. The molecule has 0 saturated carbocycles. The molecule has 2 N–H and O–H groups in total. The maximum atomic E-state index is 13.6. The van der Waals surface area contributed by atoms with Gasteiger partial charge >= 0.3 is 0 Å². The van der Waals surface area contributed by atoms with Crippen molar-refractivity contribution >= 4 is 39.8 Å². The molecule has 1 atom stereocenters. The Morgan fingerprint density at radius 2 is 2.07 bits per heavy atom. The highest BCUT2D eigenvalue weighted by molar-refractivity contribution is 14.0. The molecule has 1 saturated heterocycles. The van der Waals surface area contributed by atoms with Gasteiger partial charge in [-0.15, -0.1) is 24.0 Å². The van der Waals surface area contributed by atoms with E-state index in [1.165, 1.54) is 37.3 Å². The zero-order valence-electron chi connectivity index (χ0n) is 16.9. The van der Waals surface area contributed by atoms with Gasteiger partial charge in [-0.05, 0) is 55.1 Å². The van der Waals surface area contributed by atoms with Crippen LogP contribution >= 0.6 is 24.0 Å². The van der Waals surface area contributed by atoms with Gasteiger partial charge in [0, 0.05) is 32.9 Å². The predicted molar refractivity (Wildman–Crippen MR) is 123 cm³/mol. The van der Waals surface area contributed by atoms with Gasteiger partial charge in [0.2, 0.25) is 0 Å². The third kappa shape index (κ3) is 8.60. The highest BCUT2D eigenvalue weighted by Gasteiger charge is 2.21. The lowest BCUT2D eigenvalue weighted by Crippen LogP contribution is -2.40. The number of likely N-dealkylation sites (tertiary alicyclic amines) is 1. The van der Waals surface area contributed by atoms with Crippen LogP contribution in [0.15, 0.2) is 23.2 Å². The first-order chi connectivity index (χ1) is 12.8. The van der Waals surface area contributed by atoms with Gasteiger partial charge in [-0.25, -0.2) is 12.8 Å². The number of sulfone groups is 1. The van der Waals surface area contributed by atoms with E-state index in [0.717, 1.165) is 26.2 Å². The summed E-state index contributed by atoms with van der Waals surface area (Å²) in [7, 11) is -1.50. The molecule has 0 amide bonds. The minimum Gasteiger partial charge on any atom is -0.356 e. The monoisotopic (exact) mass is 526 g/mol. The van der Waals surface area contributed by atoms with E-state index in [0.29, 0.717) is 29.5 Å². The number of halogens is 2. The number of guanidine groups is 1. The van der Waals surface area contributed by atoms with Crippen molar-refractivity contribution < 1.29 is 12.8 Å². The van der Waals surface area contributed by atoms with Crippen LogP contribution in [-0.2, 0) is 22.1 Å². The molecule has 2 rings (SSSR count). The van der Waals surface area contributed by atoms with Crippen LogP contribution < -0.4 is 10.6 Å². The van der Waals surface area contributed by atoms with Gasteiger partial charge in [0.1, 0.15) is 5.82 Å². The molecular formula is C19H32FIN4O2S. The Kier molecular flexibility index (Phi) is 10.7. The lowest BCUT2D eigenvalue weighted by Gasteiger charge is -2.17. The van der Waals surface area contributed by atoms with Crippen molar-refractivity contribution in [1.29, 1.82) is 0 Å². The summed E-state index contributed by atoms with van der Waals surface area (Å²) in [5.74, 6) is 0.739. The van der Waals surface area contributed by atoms with Crippen LogP contribution in [0.3, 0.4) is 0 Å². The van der Waals surface area contributed by atoms with Crippen LogP contribution in [0.4, 0.5) is 4.39 Å².